The van der Waals surface area contributed by atoms with Gasteiger partial charge in [-0.2, -0.15) is 10.2 Å². The van der Waals surface area contributed by atoms with Gasteiger partial charge >= 0.3 is 0 Å². The maximum atomic E-state index is 11.6. The Morgan fingerprint density at radius 3 is 3.00 bits per heavy atom. The molecule has 0 spiro atoms. The van der Waals surface area contributed by atoms with Crippen LogP contribution in [0.3, 0.4) is 0 Å². The lowest BCUT2D eigenvalue weighted by Gasteiger charge is -1.99. The number of H-pyrrole nitrogens is 1. The Morgan fingerprint density at radius 2 is 2.32 bits per heavy atom. The molecule has 0 aliphatic heterocycles. The molecule has 0 aliphatic carbocycles. The van der Waals surface area contributed by atoms with E-state index in [0.29, 0.717) is 5.56 Å². The molecule has 0 aliphatic rings. The van der Waals surface area contributed by atoms with Gasteiger partial charge in [-0.15, -0.1) is 0 Å². The van der Waals surface area contributed by atoms with E-state index in [4.69, 9.17) is 0 Å². The van der Waals surface area contributed by atoms with Crippen molar-refractivity contribution in [2.24, 2.45) is 5.10 Å². The highest BCUT2D eigenvalue weighted by atomic mass is 127. The summed E-state index contributed by atoms with van der Waals surface area (Å²) in [6.45, 7) is 1.80. The van der Waals surface area contributed by atoms with Crippen LogP contribution in [0.5, 0.6) is 5.75 Å². The van der Waals surface area contributed by atoms with Crippen LogP contribution in [-0.4, -0.2) is 27.4 Å². The van der Waals surface area contributed by atoms with Gasteiger partial charge in [-0.1, -0.05) is 0 Å². The molecule has 0 unspecified atom stereocenters. The standard InChI is InChI=1S/C12H11IN4O2/c1-7-4-10(16-15-7)12(19)17-14-6-8-5-9(13)2-3-11(8)18/h2-6,18H,1H3,(H,15,16)(H,17,19)/b14-6+. The summed E-state index contributed by atoms with van der Waals surface area (Å²) in [7, 11) is 0. The fraction of sp³-hybridized carbons (Fsp3) is 0.0833. The van der Waals surface area contributed by atoms with Crippen molar-refractivity contribution in [1.29, 1.82) is 0 Å². The fourth-order valence-corrected chi connectivity index (χ4v) is 1.90. The summed E-state index contributed by atoms with van der Waals surface area (Å²) >= 11 is 2.13. The molecule has 6 nitrogen and oxygen atoms in total. The number of aromatic hydroxyl groups is 1. The van der Waals surface area contributed by atoms with Crippen LogP contribution in [-0.2, 0) is 0 Å². The number of carbonyl (C=O) groups excluding carboxylic acids is 1. The van der Waals surface area contributed by atoms with Gasteiger partial charge in [-0.05, 0) is 53.8 Å². The Bertz CT molecular complexity index is 636. The van der Waals surface area contributed by atoms with Crippen molar-refractivity contribution in [1.82, 2.24) is 15.6 Å². The summed E-state index contributed by atoms with van der Waals surface area (Å²) in [6.07, 6.45) is 1.38. The zero-order chi connectivity index (χ0) is 13.8. The van der Waals surface area contributed by atoms with Gasteiger partial charge in [0.25, 0.3) is 5.91 Å². The number of phenols is 1. The molecule has 98 valence electrons. The number of aromatic nitrogens is 2. The molecular weight excluding hydrogens is 359 g/mol. The summed E-state index contributed by atoms with van der Waals surface area (Å²) < 4.78 is 0.964. The second-order valence-corrected chi connectivity index (χ2v) is 5.08. The van der Waals surface area contributed by atoms with Crippen LogP contribution in [0.2, 0.25) is 0 Å². The van der Waals surface area contributed by atoms with E-state index in [-0.39, 0.29) is 11.4 Å². The first-order chi connectivity index (χ1) is 9.06. The SMILES string of the molecule is Cc1cc(C(=O)N/N=C/c2cc(I)ccc2O)n[nH]1. The van der Waals surface area contributed by atoms with Crippen LogP contribution >= 0.6 is 22.6 Å². The number of benzene rings is 1. The molecule has 1 amide bonds. The molecule has 1 aromatic heterocycles. The molecule has 0 bridgehead atoms. The molecular formula is C12H11IN4O2. The summed E-state index contributed by atoms with van der Waals surface area (Å²) in [5.41, 5.74) is 3.94. The number of amides is 1. The monoisotopic (exact) mass is 370 g/mol. The van der Waals surface area contributed by atoms with Gasteiger partial charge < -0.3 is 5.11 Å². The highest BCUT2D eigenvalue weighted by Gasteiger charge is 2.07. The zero-order valence-corrected chi connectivity index (χ0v) is 12.2. The van der Waals surface area contributed by atoms with Crippen molar-refractivity contribution in [2.45, 2.75) is 6.92 Å². The van der Waals surface area contributed by atoms with E-state index in [9.17, 15) is 9.90 Å². The summed E-state index contributed by atoms with van der Waals surface area (Å²) in [5, 5.41) is 19.9. The Balaban J connectivity index is 2.04. The number of aryl methyl sites for hydroxylation is 1. The van der Waals surface area contributed by atoms with Crippen LogP contribution in [0, 0.1) is 10.5 Å². The quantitative estimate of drug-likeness (QED) is 0.437. The van der Waals surface area contributed by atoms with Crippen LogP contribution in [0.4, 0.5) is 0 Å². The molecule has 19 heavy (non-hydrogen) atoms. The average molecular weight is 370 g/mol. The number of hydrogen-bond donors (Lipinski definition) is 3. The van der Waals surface area contributed by atoms with Crippen molar-refractivity contribution in [3.63, 3.8) is 0 Å². The van der Waals surface area contributed by atoms with E-state index in [1.54, 1.807) is 31.2 Å². The number of carbonyl (C=O) groups is 1. The molecule has 2 aromatic rings. The molecule has 0 fully saturated rings. The fourth-order valence-electron chi connectivity index (χ4n) is 1.38. The lowest BCUT2D eigenvalue weighted by atomic mass is 10.2. The zero-order valence-electron chi connectivity index (χ0n) is 10.0. The number of hydrogen-bond acceptors (Lipinski definition) is 4. The van der Waals surface area contributed by atoms with Gasteiger partial charge in [-0.3, -0.25) is 9.89 Å². The number of halogens is 1. The third-order valence-corrected chi connectivity index (χ3v) is 2.97. The topological polar surface area (TPSA) is 90.4 Å². The highest BCUT2D eigenvalue weighted by molar-refractivity contribution is 14.1. The maximum absolute atomic E-state index is 11.6. The highest BCUT2D eigenvalue weighted by Crippen LogP contribution is 2.17. The Hall–Kier alpha value is -1.90. The van der Waals surface area contributed by atoms with E-state index in [2.05, 4.69) is 43.3 Å². The first-order valence-electron chi connectivity index (χ1n) is 5.40. The summed E-state index contributed by atoms with van der Waals surface area (Å²) in [6, 6.07) is 6.72. The molecule has 0 saturated carbocycles. The van der Waals surface area contributed by atoms with E-state index < -0.39 is 5.91 Å². The number of hydrazone groups is 1. The molecule has 0 radical (unpaired) electrons. The first-order valence-corrected chi connectivity index (χ1v) is 6.48. The maximum Gasteiger partial charge on any atom is 0.291 e. The molecule has 2 rings (SSSR count). The summed E-state index contributed by atoms with van der Waals surface area (Å²) in [4.78, 5) is 11.6. The minimum Gasteiger partial charge on any atom is -0.507 e. The molecule has 0 saturated heterocycles. The van der Waals surface area contributed by atoms with Crippen molar-refractivity contribution >= 4 is 34.7 Å². The van der Waals surface area contributed by atoms with E-state index in [1.165, 1.54) is 6.21 Å². The largest absolute Gasteiger partial charge is 0.507 e. The Morgan fingerprint density at radius 1 is 1.53 bits per heavy atom. The smallest absolute Gasteiger partial charge is 0.291 e. The van der Waals surface area contributed by atoms with Gasteiger partial charge in [-0.25, -0.2) is 5.43 Å². The lowest BCUT2D eigenvalue weighted by molar-refractivity contribution is 0.0950. The summed E-state index contributed by atoms with van der Waals surface area (Å²) in [5.74, 6) is -0.306. The predicted octanol–water partition coefficient (Wildman–Crippen LogP) is 1.79. The van der Waals surface area contributed by atoms with Crippen LogP contribution < -0.4 is 5.43 Å². The molecule has 1 heterocycles. The normalized spacial score (nSPS) is 10.8. The molecule has 0 atom stereocenters. The molecule has 1 aromatic carbocycles. The van der Waals surface area contributed by atoms with Gasteiger partial charge in [0.2, 0.25) is 0 Å². The van der Waals surface area contributed by atoms with Crippen LogP contribution in [0.15, 0.2) is 29.4 Å². The second-order valence-electron chi connectivity index (χ2n) is 3.84. The molecule has 7 heteroatoms. The van der Waals surface area contributed by atoms with Gasteiger partial charge in [0.1, 0.15) is 5.75 Å². The van der Waals surface area contributed by atoms with E-state index in [0.717, 1.165) is 9.26 Å². The number of rotatable bonds is 3. The molecule has 3 N–H and O–H groups in total. The van der Waals surface area contributed by atoms with Crippen molar-refractivity contribution in [3.8, 4) is 5.75 Å². The van der Waals surface area contributed by atoms with Crippen LogP contribution in [0.25, 0.3) is 0 Å². The van der Waals surface area contributed by atoms with Gasteiger partial charge in [0.05, 0.1) is 6.21 Å². The third-order valence-electron chi connectivity index (χ3n) is 2.30. The number of nitrogens with zero attached hydrogens (tertiary/aromatic N) is 2. The van der Waals surface area contributed by atoms with Gasteiger partial charge in [0, 0.05) is 14.8 Å². The Labute approximate surface area is 123 Å². The third kappa shape index (κ3) is 3.53. The average Bonchev–Trinajstić information content (AvgIpc) is 2.80. The Kier molecular flexibility index (Phi) is 4.15. The van der Waals surface area contributed by atoms with Crippen molar-refractivity contribution < 1.29 is 9.90 Å². The van der Waals surface area contributed by atoms with Crippen LogP contribution in [0.1, 0.15) is 21.7 Å². The minimum atomic E-state index is -0.411. The number of phenolic OH excluding ortho intramolecular Hbond substituents is 1. The minimum absolute atomic E-state index is 0.106. The van der Waals surface area contributed by atoms with Crippen molar-refractivity contribution in [3.05, 3.63) is 44.8 Å². The van der Waals surface area contributed by atoms with Crippen molar-refractivity contribution in [2.75, 3.05) is 0 Å². The van der Waals surface area contributed by atoms with E-state index >= 15 is 0 Å². The first kappa shape index (κ1) is 13.5. The van der Waals surface area contributed by atoms with E-state index in [1.807, 2.05) is 0 Å². The number of aromatic amines is 1. The number of nitrogens with one attached hydrogen (secondary N) is 2. The predicted molar refractivity (Wildman–Crippen MR) is 79.2 cm³/mol. The van der Waals surface area contributed by atoms with Gasteiger partial charge in [0.15, 0.2) is 5.69 Å². The second kappa shape index (κ2) is 5.83. The lowest BCUT2D eigenvalue weighted by Crippen LogP contribution is -2.18.